The van der Waals surface area contributed by atoms with Crippen molar-refractivity contribution in [3.63, 3.8) is 0 Å². The summed E-state index contributed by atoms with van der Waals surface area (Å²) in [4.78, 5) is 17.8. The zero-order valence-corrected chi connectivity index (χ0v) is 20.2. The summed E-state index contributed by atoms with van der Waals surface area (Å²) < 4.78 is 13.6. The fraction of sp³-hybridized carbons (Fsp3) is 0.286. The third-order valence-electron chi connectivity index (χ3n) is 6.11. The number of fused-ring (bicyclic) bond motifs is 1. The lowest BCUT2D eigenvalue weighted by Gasteiger charge is -2.17. The van der Waals surface area contributed by atoms with E-state index in [4.69, 9.17) is 14.5 Å². The van der Waals surface area contributed by atoms with Crippen molar-refractivity contribution >= 4 is 16.9 Å². The average Bonchev–Trinajstić information content (AvgIpc) is 3.23. The van der Waals surface area contributed by atoms with E-state index in [0.29, 0.717) is 17.9 Å². The van der Waals surface area contributed by atoms with Crippen LogP contribution in [0, 0.1) is 13.8 Å². The Morgan fingerprint density at radius 3 is 2.56 bits per heavy atom. The number of carbonyl (C=O) groups is 1. The molecule has 0 saturated carbocycles. The highest BCUT2D eigenvalue weighted by atomic mass is 16.5. The van der Waals surface area contributed by atoms with Gasteiger partial charge < -0.3 is 19.4 Å². The normalized spacial score (nSPS) is 11.9. The van der Waals surface area contributed by atoms with Crippen LogP contribution in [0.2, 0.25) is 0 Å². The van der Waals surface area contributed by atoms with Gasteiger partial charge in [-0.25, -0.2) is 4.98 Å². The van der Waals surface area contributed by atoms with Crippen LogP contribution in [-0.4, -0.2) is 29.2 Å². The first-order valence-electron chi connectivity index (χ1n) is 11.6. The molecule has 0 aliphatic carbocycles. The van der Waals surface area contributed by atoms with Crippen molar-refractivity contribution in [2.75, 3.05) is 13.7 Å². The maximum absolute atomic E-state index is 13.0. The quantitative estimate of drug-likeness (QED) is 0.331. The summed E-state index contributed by atoms with van der Waals surface area (Å²) in [7, 11) is 1.56. The van der Waals surface area contributed by atoms with Gasteiger partial charge in [-0.2, -0.15) is 0 Å². The SMILES string of the molecule is COc1ccccc1C(=O)NC(C)c1nc2ccccc2n1CCCOc1cccc(C)c1C. The molecule has 3 aromatic carbocycles. The number of nitrogens with zero attached hydrogens (tertiary/aromatic N) is 2. The fourth-order valence-corrected chi connectivity index (χ4v) is 4.12. The molecule has 6 nitrogen and oxygen atoms in total. The first kappa shape index (κ1) is 23.4. The number of benzene rings is 3. The minimum atomic E-state index is -0.287. The topological polar surface area (TPSA) is 65.4 Å². The number of hydrogen-bond acceptors (Lipinski definition) is 4. The van der Waals surface area contributed by atoms with Crippen molar-refractivity contribution < 1.29 is 14.3 Å². The molecule has 0 fully saturated rings. The third kappa shape index (κ3) is 4.91. The van der Waals surface area contributed by atoms with E-state index in [1.54, 1.807) is 19.2 Å². The summed E-state index contributed by atoms with van der Waals surface area (Å²) in [6, 6.07) is 21.1. The molecule has 0 saturated heterocycles. The summed E-state index contributed by atoms with van der Waals surface area (Å²) in [6.45, 7) is 7.45. The highest BCUT2D eigenvalue weighted by molar-refractivity contribution is 5.97. The van der Waals surface area contributed by atoms with Gasteiger partial charge in [0, 0.05) is 6.54 Å². The Bertz CT molecular complexity index is 1300. The molecule has 1 amide bonds. The van der Waals surface area contributed by atoms with Crippen molar-refractivity contribution in [1.29, 1.82) is 0 Å². The zero-order valence-electron chi connectivity index (χ0n) is 20.2. The van der Waals surface area contributed by atoms with Gasteiger partial charge in [0.2, 0.25) is 0 Å². The summed E-state index contributed by atoms with van der Waals surface area (Å²) in [6.07, 6.45) is 0.813. The van der Waals surface area contributed by atoms with E-state index in [-0.39, 0.29) is 11.9 Å². The van der Waals surface area contributed by atoms with E-state index >= 15 is 0 Å². The number of amides is 1. The largest absolute Gasteiger partial charge is 0.496 e. The number of para-hydroxylation sites is 3. The second kappa shape index (κ2) is 10.4. The zero-order chi connectivity index (χ0) is 24.1. The molecule has 1 unspecified atom stereocenters. The van der Waals surface area contributed by atoms with E-state index in [1.165, 1.54) is 11.1 Å². The highest BCUT2D eigenvalue weighted by Gasteiger charge is 2.20. The third-order valence-corrected chi connectivity index (χ3v) is 6.11. The van der Waals surface area contributed by atoms with E-state index in [1.807, 2.05) is 49.4 Å². The first-order chi connectivity index (χ1) is 16.5. The molecule has 1 N–H and O–H groups in total. The predicted octanol–water partition coefficient (Wildman–Crippen LogP) is 5.62. The van der Waals surface area contributed by atoms with Crippen molar-refractivity contribution in [3.8, 4) is 11.5 Å². The molecule has 4 rings (SSSR count). The van der Waals surface area contributed by atoms with Crippen molar-refractivity contribution in [3.05, 3.63) is 89.2 Å². The number of imidazole rings is 1. The Labute approximate surface area is 200 Å². The van der Waals surface area contributed by atoms with Gasteiger partial charge in [0.05, 0.1) is 36.4 Å². The Morgan fingerprint density at radius 2 is 1.74 bits per heavy atom. The lowest BCUT2D eigenvalue weighted by atomic mass is 10.1. The Morgan fingerprint density at radius 1 is 1.00 bits per heavy atom. The van der Waals surface area contributed by atoms with Gasteiger partial charge in [-0.3, -0.25) is 4.79 Å². The van der Waals surface area contributed by atoms with Gasteiger partial charge >= 0.3 is 0 Å². The van der Waals surface area contributed by atoms with Crippen LogP contribution in [0.25, 0.3) is 11.0 Å². The molecule has 0 spiro atoms. The first-order valence-corrected chi connectivity index (χ1v) is 11.6. The predicted molar refractivity (Wildman–Crippen MR) is 135 cm³/mol. The van der Waals surface area contributed by atoms with E-state index in [9.17, 15) is 4.79 Å². The molecule has 34 heavy (non-hydrogen) atoms. The van der Waals surface area contributed by atoms with Crippen LogP contribution in [0.5, 0.6) is 11.5 Å². The maximum atomic E-state index is 13.0. The summed E-state index contributed by atoms with van der Waals surface area (Å²) >= 11 is 0. The molecule has 1 heterocycles. The summed E-state index contributed by atoms with van der Waals surface area (Å²) in [5.41, 5.74) is 4.85. The van der Waals surface area contributed by atoms with Crippen LogP contribution in [0.15, 0.2) is 66.7 Å². The number of aryl methyl sites for hydroxylation is 2. The van der Waals surface area contributed by atoms with E-state index < -0.39 is 0 Å². The molecular weight excluding hydrogens is 426 g/mol. The molecule has 6 heteroatoms. The molecule has 0 radical (unpaired) electrons. The van der Waals surface area contributed by atoms with Gasteiger partial charge in [-0.1, -0.05) is 36.4 Å². The highest BCUT2D eigenvalue weighted by Crippen LogP contribution is 2.24. The number of rotatable bonds is 9. The van der Waals surface area contributed by atoms with Gasteiger partial charge in [0.1, 0.15) is 17.3 Å². The molecule has 0 aliphatic rings. The number of carbonyl (C=O) groups excluding carboxylic acids is 1. The molecule has 1 atom stereocenters. The molecular formula is C28H31N3O3. The van der Waals surface area contributed by atoms with Crippen molar-refractivity contribution in [1.82, 2.24) is 14.9 Å². The Balaban J connectivity index is 1.50. The number of ether oxygens (including phenoxy) is 2. The van der Waals surface area contributed by atoms with E-state index in [0.717, 1.165) is 35.6 Å². The van der Waals surface area contributed by atoms with Crippen LogP contribution >= 0.6 is 0 Å². The molecule has 0 bridgehead atoms. The van der Waals surface area contributed by atoms with Crippen LogP contribution in [0.1, 0.15) is 46.7 Å². The minimum Gasteiger partial charge on any atom is -0.496 e. The maximum Gasteiger partial charge on any atom is 0.255 e. The van der Waals surface area contributed by atoms with Gasteiger partial charge in [-0.05, 0) is 68.7 Å². The number of aromatic nitrogens is 2. The molecule has 0 aliphatic heterocycles. The second-order valence-electron chi connectivity index (χ2n) is 8.41. The lowest BCUT2D eigenvalue weighted by molar-refractivity contribution is 0.0934. The van der Waals surface area contributed by atoms with Crippen molar-refractivity contribution in [2.45, 2.75) is 39.8 Å². The van der Waals surface area contributed by atoms with Gasteiger partial charge in [0.25, 0.3) is 5.91 Å². The fourth-order valence-electron chi connectivity index (χ4n) is 4.12. The van der Waals surface area contributed by atoms with Crippen LogP contribution in [-0.2, 0) is 6.54 Å². The smallest absolute Gasteiger partial charge is 0.255 e. The van der Waals surface area contributed by atoms with E-state index in [2.05, 4.69) is 35.9 Å². The molecule has 4 aromatic rings. The summed E-state index contributed by atoms with van der Waals surface area (Å²) in [5.74, 6) is 2.09. The molecule has 176 valence electrons. The van der Waals surface area contributed by atoms with Gasteiger partial charge in [0.15, 0.2) is 0 Å². The lowest BCUT2D eigenvalue weighted by Crippen LogP contribution is -2.29. The monoisotopic (exact) mass is 457 g/mol. The summed E-state index contributed by atoms with van der Waals surface area (Å²) in [5, 5.41) is 3.08. The number of hydrogen-bond donors (Lipinski definition) is 1. The van der Waals surface area contributed by atoms with Crippen LogP contribution in [0.3, 0.4) is 0 Å². The second-order valence-corrected chi connectivity index (χ2v) is 8.41. The average molecular weight is 458 g/mol. The number of nitrogens with one attached hydrogen (secondary N) is 1. The van der Waals surface area contributed by atoms with Crippen LogP contribution in [0.4, 0.5) is 0 Å². The Hall–Kier alpha value is -3.80. The number of methoxy groups -OCH3 is 1. The minimum absolute atomic E-state index is 0.193. The van der Waals surface area contributed by atoms with Crippen LogP contribution < -0.4 is 14.8 Å². The standard InChI is InChI=1S/C28H31N3O3/c1-19-11-9-16-25(20(19)2)34-18-10-17-31-24-14-7-6-13-23(24)30-27(31)21(3)29-28(32)22-12-5-8-15-26(22)33-4/h5-9,11-16,21H,10,17-18H2,1-4H3,(H,29,32). The molecule has 1 aromatic heterocycles. The van der Waals surface area contributed by atoms with Crippen molar-refractivity contribution in [2.24, 2.45) is 0 Å². The Kier molecular flexibility index (Phi) is 7.16. The van der Waals surface area contributed by atoms with Gasteiger partial charge in [-0.15, -0.1) is 0 Å².